The molecule has 0 fully saturated rings. The average molecular weight is 471 g/mol. The number of rotatable bonds is 20. The molecule has 1 unspecified atom stereocenters. The molecule has 1 heterocycles. The molecular formula is C30H50N2O2. The molecule has 0 saturated heterocycles. The Balaban J connectivity index is 1.39. The zero-order chi connectivity index (χ0) is 24.3. The summed E-state index contributed by atoms with van der Waals surface area (Å²) < 4.78 is 14.4. The van der Waals surface area contributed by atoms with Crippen LogP contribution in [0.15, 0.2) is 49.1 Å². The van der Waals surface area contributed by atoms with E-state index in [0.717, 1.165) is 26.0 Å². The average Bonchev–Trinajstić information content (AvgIpc) is 3.33. The number of nitrogens with zero attached hydrogens (tertiary/aromatic N) is 2. The summed E-state index contributed by atoms with van der Waals surface area (Å²) in [6.45, 7) is 10.2. The van der Waals surface area contributed by atoms with E-state index in [1.54, 1.807) is 0 Å². The lowest BCUT2D eigenvalue weighted by Crippen LogP contribution is -2.26. The molecule has 1 aromatic carbocycles. The molecule has 2 aromatic rings. The van der Waals surface area contributed by atoms with Crippen LogP contribution in [0.5, 0.6) is 0 Å². The fraction of sp³-hybridized carbons (Fsp3) is 0.700. The molecule has 0 saturated carbocycles. The largest absolute Gasteiger partial charge is 0.379 e. The molecule has 1 aromatic heterocycles. The van der Waals surface area contributed by atoms with E-state index in [4.69, 9.17) is 9.47 Å². The fourth-order valence-corrected chi connectivity index (χ4v) is 4.36. The quantitative estimate of drug-likeness (QED) is 0.183. The molecule has 4 heteroatoms. The topological polar surface area (TPSA) is 36.3 Å². The van der Waals surface area contributed by atoms with Crippen LogP contribution in [0.1, 0.15) is 103 Å². The van der Waals surface area contributed by atoms with Gasteiger partial charge in [0, 0.05) is 25.5 Å². The Morgan fingerprint density at radius 3 is 2.03 bits per heavy atom. The van der Waals surface area contributed by atoms with Crippen molar-refractivity contribution >= 4 is 0 Å². The molecular weight excluding hydrogens is 420 g/mol. The Morgan fingerprint density at radius 2 is 1.44 bits per heavy atom. The molecule has 0 radical (unpaired) electrons. The fourth-order valence-electron chi connectivity index (χ4n) is 4.36. The van der Waals surface area contributed by atoms with Gasteiger partial charge in [0.1, 0.15) is 0 Å². The number of aryl methyl sites for hydroxylation is 1. The number of unbranched alkanes of at least 4 members (excludes halogenated alkanes) is 10. The van der Waals surface area contributed by atoms with Crippen LogP contribution in [0.25, 0.3) is 0 Å². The summed E-state index contributed by atoms with van der Waals surface area (Å²) in [5.74, 6) is 0. The molecule has 0 aliphatic carbocycles. The van der Waals surface area contributed by atoms with Crippen LogP contribution in [0.4, 0.5) is 0 Å². The molecule has 4 nitrogen and oxygen atoms in total. The second-order valence-corrected chi connectivity index (χ2v) is 10.9. The van der Waals surface area contributed by atoms with Gasteiger partial charge < -0.3 is 14.0 Å². The van der Waals surface area contributed by atoms with Gasteiger partial charge in [0.15, 0.2) is 0 Å². The normalized spacial score (nSPS) is 12.8. The van der Waals surface area contributed by atoms with Crippen molar-refractivity contribution in [2.45, 2.75) is 117 Å². The molecule has 0 aliphatic rings. The third-order valence-electron chi connectivity index (χ3n) is 6.24. The molecule has 2 rings (SSSR count). The van der Waals surface area contributed by atoms with Crippen molar-refractivity contribution in [2.24, 2.45) is 5.41 Å². The first-order valence-corrected chi connectivity index (χ1v) is 13.7. The van der Waals surface area contributed by atoms with Gasteiger partial charge in [0.05, 0.1) is 25.6 Å². The summed E-state index contributed by atoms with van der Waals surface area (Å²) in [7, 11) is 0. The summed E-state index contributed by atoms with van der Waals surface area (Å²) in [6.07, 6.45) is 21.7. The summed E-state index contributed by atoms with van der Waals surface area (Å²) >= 11 is 0. The van der Waals surface area contributed by atoms with Crippen LogP contribution in [0, 0.1) is 5.41 Å². The Morgan fingerprint density at radius 1 is 0.824 bits per heavy atom. The smallest absolute Gasteiger partial charge is 0.0945 e. The first-order valence-electron chi connectivity index (χ1n) is 13.7. The lowest BCUT2D eigenvalue weighted by atomic mass is 9.89. The Bertz CT molecular complexity index is 694. The third kappa shape index (κ3) is 15.3. The summed E-state index contributed by atoms with van der Waals surface area (Å²) in [5.41, 5.74) is 1.47. The third-order valence-corrected chi connectivity index (χ3v) is 6.24. The zero-order valence-electron chi connectivity index (χ0n) is 22.2. The van der Waals surface area contributed by atoms with Crippen LogP contribution >= 0.6 is 0 Å². The summed E-state index contributed by atoms with van der Waals surface area (Å²) in [4.78, 5) is 4.09. The minimum atomic E-state index is 0.158. The molecule has 0 spiro atoms. The highest BCUT2D eigenvalue weighted by Crippen LogP contribution is 2.23. The molecule has 1 atom stereocenters. The minimum Gasteiger partial charge on any atom is -0.379 e. The standard InChI is InChI=1S/C30H50N2O2/c1-30(2,3)24-29(34-25-28-18-14-13-15-19-28)26-33-23-17-12-10-8-6-4-5-7-9-11-16-21-32-22-20-31-27-32/h13-15,18-20,22,27,29H,4-12,16-17,21,23-26H2,1-3H3. The van der Waals surface area contributed by atoms with E-state index in [9.17, 15) is 0 Å². The highest BCUT2D eigenvalue weighted by atomic mass is 16.5. The first kappa shape index (κ1) is 28.6. The molecule has 0 bridgehead atoms. The van der Waals surface area contributed by atoms with Gasteiger partial charge in [-0.15, -0.1) is 0 Å². The maximum absolute atomic E-state index is 6.21. The van der Waals surface area contributed by atoms with Crippen LogP contribution in [0.3, 0.4) is 0 Å². The van der Waals surface area contributed by atoms with Crippen LogP contribution in [0.2, 0.25) is 0 Å². The predicted octanol–water partition coefficient (Wildman–Crippen LogP) is 8.21. The van der Waals surface area contributed by atoms with Gasteiger partial charge in [-0.05, 0) is 30.2 Å². The number of imidazole rings is 1. The van der Waals surface area contributed by atoms with Gasteiger partial charge in [-0.3, -0.25) is 0 Å². The van der Waals surface area contributed by atoms with E-state index in [-0.39, 0.29) is 11.5 Å². The van der Waals surface area contributed by atoms with E-state index in [2.05, 4.69) is 60.8 Å². The number of ether oxygens (including phenoxy) is 2. The van der Waals surface area contributed by atoms with E-state index in [1.165, 1.54) is 69.8 Å². The van der Waals surface area contributed by atoms with Gasteiger partial charge in [0.25, 0.3) is 0 Å². The highest BCUT2D eigenvalue weighted by Gasteiger charge is 2.19. The van der Waals surface area contributed by atoms with Crippen molar-refractivity contribution in [1.29, 1.82) is 0 Å². The first-order chi connectivity index (χ1) is 16.5. The lowest BCUT2D eigenvalue weighted by Gasteiger charge is -2.26. The van der Waals surface area contributed by atoms with Crippen molar-refractivity contribution in [2.75, 3.05) is 13.2 Å². The highest BCUT2D eigenvalue weighted by molar-refractivity contribution is 5.13. The van der Waals surface area contributed by atoms with Crippen LogP contribution in [-0.2, 0) is 22.6 Å². The van der Waals surface area contributed by atoms with E-state index < -0.39 is 0 Å². The lowest BCUT2D eigenvalue weighted by molar-refractivity contribution is -0.0430. The van der Waals surface area contributed by atoms with Gasteiger partial charge in [0.2, 0.25) is 0 Å². The SMILES string of the molecule is CC(C)(C)CC(COCCCCCCCCCCCCCn1ccnc1)OCc1ccccc1. The van der Waals surface area contributed by atoms with Crippen molar-refractivity contribution < 1.29 is 9.47 Å². The van der Waals surface area contributed by atoms with Crippen LogP contribution < -0.4 is 0 Å². The second-order valence-electron chi connectivity index (χ2n) is 10.9. The van der Waals surface area contributed by atoms with Crippen molar-refractivity contribution in [3.05, 3.63) is 54.6 Å². The van der Waals surface area contributed by atoms with Crippen molar-refractivity contribution in [1.82, 2.24) is 9.55 Å². The van der Waals surface area contributed by atoms with Gasteiger partial charge >= 0.3 is 0 Å². The molecule has 0 N–H and O–H groups in total. The van der Waals surface area contributed by atoms with Gasteiger partial charge in [-0.2, -0.15) is 0 Å². The Kier molecular flexibility index (Phi) is 14.9. The van der Waals surface area contributed by atoms with Crippen molar-refractivity contribution in [3.63, 3.8) is 0 Å². The second kappa shape index (κ2) is 17.7. The van der Waals surface area contributed by atoms with Crippen molar-refractivity contribution in [3.8, 4) is 0 Å². The van der Waals surface area contributed by atoms with E-state index >= 15 is 0 Å². The maximum Gasteiger partial charge on any atom is 0.0945 e. The van der Waals surface area contributed by atoms with E-state index in [0.29, 0.717) is 13.2 Å². The van der Waals surface area contributed by atoms with Gasteiger partial charge in [-0.1, -0.05) is 109 Å². The van der Waals surface area contributed by atoms with Crippen LogP contribution in [-0.4, -0.2) is 28.9 Å². The number of aromatic nitrogens is 2. The molecule has 192 valence electrons. The molecule has 0 amide bonds. The number of hydrogen-bond donors (Lipinski definition) is 0. The maximum atomic E-state index is 6.21. The summed E-state index contributed by atoms with van der Waals surface area (Å²) in [6, 6.07) is 10.4. The number of hydrogen-bond acceptors (Lipinski definition) is 3. The van der Waals surface area contributed by atoms with Gasteiger partial charge in [-0.25, -0.2) is 4.98 Å². The Hall–Kier alpha value is -1.65. The van der Waals surface area contributed by atoms with E-state index in [1.807, 2.05) is 18.6 Å². The monoisotopic (exact) mass is 470 g/mol. The molecule has 34 heavy (non-hydrogen) atoms. The zero-order valence-corrected chi connectivity index (χ0v) is 22.2. The molecule has 0 aliphatic heterocycles. The summed E-state index contributed by atoms with van der Waals surface area (Å²) in [5, 5.41) is 0. The predicted molar refractivity (Wildman–Crippen MR) is 143 cm³/mol. The number of benzene rings is 1. The Labute approximate surface area is 209 Å². The minimum absolute atomic E-state index is 0.158.